The molecule has 0 aliphatic carbocycles. The molecule has 0 amide bonds. The summed E-state index contributed by atoms with van der Waals surface area (Å²) in [4.78, 5) is 0. The van der Waals surface area contributed by atoms with Crippen molar-refractivity contribution >= 4 is 15.9 Å². The van der Waals surface area contributed by atoms with Crippen LogP contribution >= 0.6 is 15.9 Å². The molecular formula is C13H20BrFN2O2. The van der Waals surface area contributed by atoms with Crippen molar-refractivity contribution in [2.45, 2.75) is 18.9 Å². The van der Waals surface area contributed by atoms with Crippen molar-refractivity contribution in [1.82, 2.24) is 5.43 Å². The van der Waals surface area contributed by atoms with Gasteiger partial charge in [-0.15, -0.1) is 0 Å². The normalized spacial score (nSPS) is 12.6. The largest absolute Gasteiger partial charge is 0.382 e. The van der Waals surface area contributed by atoms with Gasteiger partial charge >= 0.3 is 0 Å². The first-order valence-electron chi connectivity index (χ1n) is 6.14. The molecule has 1 aromatic rings. The second-order valence-electron chi connectivity index (χ2n) is 4.21. The molecule has 0 fully saturated rings. The minimum absolute atomic E-state index is 0.0971. The van der Waals surface area contributed by atoms with Gasteiger partial charge in [0.2, 0.25) is 0 Å². The van der Waals surface area contributed by atoms with Gasteiger partial charge in [-0.3, -0.25) is 11.3 Å². The van der Waals surface area contributed by atoms with Crippen molar-refractivity contribution in [2.75, 3.05) is 26.9 Å². The molecule has 0 aliphatic heterocycles. The molecular weight excluding hydrogens is 315 g/mol. The Bertz CT molecular complexity index is 380. The molecule has 0 radical (unpaired) electrons. The number of halogens is 2. The number of nitrogens with two attached hydrogens (primary N) is 1. The van der Waals surface area contributed by atoms with Gasteiger partial charge in [-0.25, -0.2) is 4.39 Å². The van der Waals surface area contributed by atoms with E-state index in [9.17, 15) is 4.39 Å². The predicted octanol–water partition coefficient (Wildman–Crippen LogP) is 2.02. The monoisotopic (exact) mass is 334 g/mol. The fourth-order valence-corrected chi connectivity index (χ4v) is 2.09. The van der Waals surface area contributed by atoms with Crippen molar-refractivity contribution in [3.8, 4) is 0 Å². The molecule has 0 saturated carbocycles. The standard InChI is InChI=1S/C13H20BrFN2O2/c1-18-6-7-19-5-4-11(17-16)8-10-2-3-13(15)12(14)9-10/h2-3,9,11,17H,4-8,16H2,1H3. The third-order valence-electron chi connectivity index (χ3n) is 2.74. The molecule has 6 heteroatoms. The molecule has 0 aromatic heterocycles. The molecule has 1 aromatic carbocycles. The maximum absolute atomic E-state index is 13.1. The summed E-state index contributed by atoms with van der Waals surface area (Å²) >= 11 is 3.17. The van der Waals surface area contributed by atoms with Crippen molar-refractivity contribution in [3.05, 3.63) is 34.1 Å². The summed E-state index contributed by atoms with van der Waals surface area (Å²) in [6, 6.07) is 5.07. The highest BCUT2D eigenvalue weighted by Gasteiger charge is 2.09. The van der Waals surface area contributed by atoms with Crippen LogP contribution < -0.4 is 11.3 Å². The Kier molecular flexibility index (Phi) is 8.16. The van der Waals surface area contributed by atoms with E-state index in [-0.39, 0.29) is 11.9 Å². The summed E-state index contributed by atoms with van der Waals surface area (Å²) < 4.78 is 23.9. The van der Waals surface area contributed by atoms with E-state index in [0.29, 0.717) is 24.3 Å². The van der Waals surface area contributed by atoms with Crippen molar-refractivity contribution in [1.29, 1.82) is 0 Å². The second-order valence-corrected chi connectivity index (χ2v) is 5.06. The van der Waals surface area contributed by atoms with Crippen molar-refractivity contribution in [3.63, 3.8) is 0 Å². The molecule has 1 rings (SSSR count). The summed E-state index contributed by atoms with van der Waals surface area (Å²) in [7, 11) is 1.64. The molecule has 1 atom stereocenters. The minimum atomic E-state index is -0.260. The SMILES string of the molecule is COCCOCCC(Cc1ccc(F)c(Br)c1)NN. The van der Waals surface area contributed by atoms with Gasteiger partial charge < -0.3 is 9.47 Å². The van der Waals surface area contributed by atoms with Gasteiger partial charge in [-0.2, -0.15) is 0 Å². The van der Waals surface area contributed by atoms with E-state index < -0.39 is 0 Å². The Morgan fingerprint density at radius 2 is 2.16 bits per heavy atom. The first-order chi connectivity index (χ1) is 9.17. The maximum atomic E-state index is 13.1. The smallest absolute Gasteiger partial charge is 0.137 e. The lowest BCUT2D eigenvalue weighted by atomic mass is 10.0. The molecule has 19 heavy (non-hydrogen) atoms. The van der Waals surface area contributed by atoms with E-state index in [1.54, 1.807) is 19.2 Å². The molecule has 3 N–H and O–H groups in total. The van der Waals surface area contributed by atoms with Gasteiger partial charge in [0, 0.05) is 19.8 Å². The first kappa shape index (κ1) is 16.5. The Hall–Kier alpha value is -0.530. The van der Waals surface area contributed by atoms with Gasteiger partial charge in [0.25, 0.3) is 0 Å². The van der Waals surface area contributed by atoms with E-state index in [1.807, 2.05) is 0 Å². The van der Waals surface area contributed by atoms with Crippen LogP contribution in [0.5, 0.6) is 0 Å². The van der Waals surface area contributed by atoms with Crippen LogP contribution in [-0.2, 0) is 15.9 Å². The Morgan fingerprint density at radius 3 is 2.79 bits per heavy atom. The van der Waals surface area contributed by atoms with Gasteiger partial charge in [0.1, 0.15) is 5.82 Å². The topological polar surface area (TPSA) is 56.5 Å². The van der Waals surface area contributed by atoms with Crippen molar-refractivity contribution in [2.24, 2.45) is 5.84 Å². The second kappa shape index (κ2) is 9.39. The molecule has 0 bridgehead atoms. The van der Waals surface area contributed by atoms with Crippen LogP contribution in [0.3, 0.4) is 0 Å². The average molecular weight is 335 g/mol. The molecule has 0 aliphatic rings. The van der Waals surface area contributed by atoms with Crippen LogP contribution in [0.15, 0.2) is 22.7 Å². The van der Waals surface area contributed by atoms with Crippen LogP contribution in [0.1, 0.15) is 12.0 Å². The number of hydrogen-bond acceptors (Lipinski definition) is 4. The number of ether oxygens (including phenoxy) is 2. The van der Waals surface area contributed by atoms with Gasteiger partial charge in [0.05, 0.1) is 17.7 Å². The molecule has 4 nitrogen and oxygen atoms in total. The zero-order chi connectivity index (χ0) is 14.1. The predicted molar refractivity (Wildman–Crippen MR) is 76.2 cm³/mol. The fourth-order valence-electron chi connectivity index (χ4n) is 1.67. The third kappa shape index (κ3) is 6.44. The van der Waals surface area contributed by atoms with Crippen molar-refractivity contribution < 1.29 is 13.9 Å². The van der Waals surface area contributed by atoms with Crippen LogP contribution in [0.25, 0.3) is 0 Å². The molecule has 108 valence electrons. The molecule has 0 heterocycles. The van der Waals surface area contributed by atoms with E-state index >= 15 is 0 Å². The number of rotatable bonds is 9. The zero-order valence-electron chi connectivity index (χ0n) is 11.0. The van der Waals surface area contributed by atoms with Gasteiger partial charge in [-0.05, 0) is 46.5 Å². The van der Waals surface area contributed by atoms with Gasteiger partial charge in [0.15, 0.2) is 0 Å². The van der Waals surface area contributed by atoms with E-state index in [1.165, 1.54) is 6.07 Å². The number of hydrazine groups is 1. The van der Waals surface area contributed by atoms with Crippen LogP contribution in [0.2, 0.25) is 0 Å². The summed E-state index contributed by atoms with van der Waals surface area (Å²) in [6.45, 7) is 1.78. The number of nitrogens with one attached hydrogen (secondary N) is 1. The number of benzene rings is 1. The Morgan fingerprint density at radius 1 is 1.37 bits per heavy atom. The van der Waals surface area contributed by atoms with E-state index in [4.69, 9.17) is 15.3 Å². The van der Waals surface area contributed by atoms with E-state index in [2.05, 4.69) is 21.4 Å². The number of hydrogen-bond donors (Lipinski definition) is 2. The quantitative estimate of drug-likeness (QED) is 0.412. The fraction of sp³-hybridized carbons (Fsp3) is 0.538. The van der Waals surface area contributed by atoms with Crippen LogP contribution in [0.4, 0.5) is 4.39 Å². The van der Waals surface area contributed by atoms with Gasteiger partial charge in [-0.1, -0.05) is 6.07 Å². The lowest BCUT2D eigenvalue weighted by Crippen LogP contribution is -2.37. The highest BCUT2D eigenvalue weighted by molar-refractivity contribution is 9.10. The van der Waals surface area contributed by atoms with E-state index in [0.717, 1.165) is 18.4 Å². The van der Waals surface area contributed by atoms with Crippen LogP contribution in [0, 0.1) is 5.82 Å². The summed E-state index contributed by atoms with van der Waals surface area (Å²) in [5.74, 6) is 5.25. The number of methoxy groups -OCH3 is 1. The molecule has 0 saturated heterocycles. The Balaban J connectivity index is 2.36. The summed E-state index contributed by atoms with van der Waals surface area (Å²) in [5.41, 5.74) is 3.78. The minimum Gasteiger partial charge on any atom is -0.382 e. The Labute approximate surface area is 121 Å². The van der Waals surface area contributed by atoms with Crippen LogP contribution in [-0.4, -0.2) is 33.0 Å². The maximum Gasteiger partial charge on any atom is 0.137 e. The highest BCUT2D eigenvalue weighted by Crippen LogP contribution is 2.18. The first-order valence-corrected chi connectivity index (χ1v) is 6.93. The molecule has 0 spiro atoms. The summed E-state index contributed by atoms with van der Waals surface area (Å²) in [5, 5.41) is 0. The lowest BCUT2D eigenvalue weighted by Gasteiger charge is -2.16. The summed E-state index contributed by atoms with van der Waals surface area (Å²) in [6.07, 6.45) is 1.51. The zero-order valence-corrected chi connectivity index (χ0v) is 12.6. The lowest BCUT2D eigenvalue weighted by molar-refractivity contribution is 0.0658. The third-order valence-corrected chi connectivity index (χ3v) is 3.35. The highest BCUT2D eigenvalue weighted by atomic mass is 79.9. The average Bonchev–Trinajstić information content (AvgIpc) is 2.41. The molecule has 1 unspecified atom stereocenters.